The van der Waals surface area contributed by atoms with Crippen molar-refractivity contribution in [2.24, 2.45) is 5.41 Å². The Morgan fingerprint density at radius 3 is 2.16 bits per heavy atom. The van der Waals surface area contributed by atoms with Gasteiger partial charge in [0.25, 0.3) is 0 Å². The van der Waals surface area contributed by atoms with Crippen LogP contribution < -0.4 is 0 Å². The number of piperazine rings is 1. The molecule has 0 bridgehead atoms. The minimum absolute atomic E-state index is 0.0401. The molecule has 1 heterocycles. The molecule has 1 saturated heterocycles. The molecule has 3 heteroatoms. The second-order valence-corrected chi connectivity index (χ2v) is 6.35. The lowest BCUT2D eigenvalue weighted by molar-refractivity contribution is 0.167. The van der Waals surface area contributed by atoms with Gasteiger partial charge in [-0.25, -0.2) is 0 Å². The largest absolute Gasteiger partial charge is 0.358 e. The van der Waals surface area contributed by atoms with Crippen molar-refractivity contribution in [3.63, 3.8) is 0 Å². The highest BCUT2D eigenvalue weighted by atomic mass is 15.3. The van der Waals surface area contributed by atoms with Gasteiger partial charge < -0.3 is 4.90 Å². The topological polar surface area (TPSA) is 30.3 Å². The van der Waals surface area contributed by atoms with Crippen LogP contribution >= 0.6 is 0 Å². The first kappa shape index (κ1) is 14.1. The SMILES string of the molecule is CC(C)(C)C(=N)N1CCN(Cc2ccccc2)CC1. The van der Waals surface area contributed by atoms with Crippen molar-refractivity contribution in [2.45, 2.75) is 27.3 Å². The minimum atomic E-state index is -0.0401. The number of nitrogens with one attached hydrogen (secondary N) is 1. The second-order valence-electron chi connectivity index (χ2n) is 6.35. The summed E-state index contributed by atoms with van der Waals surface area (Å²) in [6, 6.07) is 10.6. The van der Waals surface area contributed by atoms with Gasteiger partial charge in [0, 0.05) is 38.1 Å². The van der Waals surface area contributed by atoms with E-state index in [0.717, 1.165) is 38.6 Å². The molecule has 0 atom stereocenters. The Morgan fingerprint density at radius 1 is 1.05 bits per heavy atom. The molecule has 1 aliphatic rings. The van der Waals surface area contributed by atoms with Gasteiger partial charge in [0.1, 0.15) is 5.84 Å². The third kappa shape index (κ3) is 3.80. The average molecular weight is 259 g/mol. The molecule has 0 spiro atoms. The van der Waals surface area contributed by atoms with Gasteiger partial charge in [-0.15, -0.1) is 0 Å². The highest BCUT2D eigenvalue weighted by Gasteiger charge is 2.26. The number of hydrogen-bond donors (Lipinski definition) is 1. The van der Waals surface area contributed by atoms with Crippen molar-refractivity contribution in [2.75, 3.05) is 26.2 Å². The molecule has 1 fully saturated rings. The fraction of sp³-hybridized carbons (Fsp3) is 0.562. The van der Waals surface area contributed by atoms with Crippen LogP contribution in [-0.2, 0) is 6.54 Å². The summed E-state index contributed by atoms with van der Waals surface area (Å²) in [6.45, 7) is 11.4. The maximum absolute atomic E-state index is 8.23. The number of amidine groups is 1. The Kier molecular flexibility index (Phi) is 4.25. The number of nitrogens with zero attached hydrogens (tertiary/aromatic N) is 2. The third-order valence-corrected chi connectivity index (χ3v) is 3.65. The zero-order valence-corrected chi connectivity index (χ0v) is 12.3. The van der Waals surface area contributed by atoms with E-state index in [9.17, 15) is 0 Å². The molecular weight excluding hydrogens is 234 g/mol. The van der Waals surface area contributed by atoms with Crippen molar-refractivity contribution in [1.29, 1.82) is 5.41 Å². The molecule has 0 aliphatic carbocycles. The molecule has 1 aliphatic heterocycles. The molecule has 0 amide bonds. The van der Waals surface area contributed by atoms with Gasteiger partial charge in [-0.05, 0) is 5.56 Å². The highest BCUT2D eigenvalue weighted by molar-refractivity contribution is 5.84. The summed E-state index contributed by atoms with van der Waals surface area (Å²) in [7, 11) is 0. The molecule has 0 unspecified atom stereocenters. The molecule has 104 valence electrons. The Hall–Kier alpha value is -1.35. The maximum Gasteiger partial charge on any atom is 0.101 e. The molecule has 3 nitrogen and oxygen atoms in total. The summed E-state index contributed by atoms with van der Waals surface area (Å²) in [6.07, 6.45) is 0. The zero-order chi connectivity index (χ0) is 13.9. The van der Waals surface area contributed by atoms with Gasteiger partial charge in [0.2, 0.25) is 0 Å². The number of rotatable bonds is 2. The maximum atomic E-state index is 8.23. The summed E-state index contributed by atoms with van der Waals surface area (Å²) in [5.41, 5.74) is 1.34. The van der Waals surface area contributed by atoms with Crippen LogP contribution in [0.4, 0.5) is 0 Å². The first-order valence-corrected chi connectivity index (χ1v) is 7.07. The van der Waals surface area contributed by atoms with E-state index < -0.39 is 0 Å². The first-order chi connectivity index (χ1) is 8.97. The summed E-state index contributed by atoms with van der Waals surface area (Å²) >= 11 is 0. The first-order valence-electron chi connectivity index (χ1n) is 7.07. The highest BCUT2D eigenvalue weighted by Crippen LogP contribution is 2.19. The summed E-state index contributed by atoms with van der Waals surface area (Å²) in [5, 5.41) is 8.23. The smallest absolute Gasteiger partial charge is 0.101 e. The fourth-order valence-corrected chi connectivity index (χ4v) is 2.45. The lowest BCUT2D eigenvalue weighted by Gasteiger charge is -2.39. The Balaban J connectivity index is 1.85. The van der Waals surface area contributed by atoms with Crippen LogP contribution in [0.3, 0.4) is 0 Å². The van der Waals surface area contributed by atoms with Gasteiger partial charge in [-0.1, -0.05) is 51.1 Å². The van der Waals surface area contributed by atoms with Gasteiger partial charge in [0.05, 0.1) is 0 Å². The van der Waals surface area contributed by atoms with E-state index in [1.807, 2.05) is 0 Å². The molecule has 1 aromatic rings. The van der Waals surface area contributed by atoms with Crippen LogP contribution in [0.5, 0.6) is 0 Å². The molecule has 19 heavy (non-hydrogen) atoms. The Labute approximate surface area is 116 Å². The van der Waals surface area contributed by atoms with Crippen LogP contribution in [-0.4, -0.2) is 41.8 Å². The van der Waals surface area contributed by atoms with Crippen LogP contribution in [0.2, 0.25) is 0 Å². The molecule has 0 radical (unpaired) electrons. The quantitative estimate of drug-likeness (QED) is 0.654. The predicted octanol–water partition coefficient (Wildman–Crippen LogP) is 2.83. The van der Waals surface area contributed by atoms with E-state index in [1.54, 1.807) is 0 Å². The third-order valence-electron chi connectivity index (χ3n) is 3.65. The summed E-state index contributed by atoms with van der Waals surface area (Å²) in [4.78, 5) is 4.70. The van der Waals surface area contributed by atoms with E-state index in [-0.39, 0.29) is 5.41 Å². The van der Waals surface area contributed by atoms with E-state index in [1.165, 1.54) is 5.56 Å². The van der Waals surface area contributed by atoms with Crippen LogP contribution in [0, 0.1) is 10.8 Å². The van der Waals surface area contributed by atoms with Crippen LogP contribution in [0.15, 0.2) is 30.3 Å². The van der Waals surface area contributed by atoms with Crippen LogP contribution in [0.1, 0.15) is 26.3 Å². The van der Waals surface area contributed by atoms with E-state index in [4.69, 9.17) is 5.41 Å². The zero-order valence-electron chi connectivity index (χ0n) is 12.3. The van der Waals surface area contributed by atoms with Crippen molar-refractivity contribution in [1.82, 2.24) is 9.80 Å². The standard InChI is InChI=1S/C16H25N3/c1-16(2,3)15(17)19-11-9-18(10-12-19)13-14-7-5-4-6-8-14/h4-8,17H,9-13H2,1-3H3. The van der Waals surface area contributed by atoms with E-state index >= 15 is 0 Å². The average Bonchev–Trinajstić information content (AvgIpc) is 2.39. The van der Waals surface area contributed by atoms with Crippen molar-refractivity contribution >= 4 is 5.84 Å². The molecule has 2 rings (SSSR count). The van der Waals surface area contributed by atoms with Crippen molar-refractivity contribution < 1.29 is 0 Å². The van der Waals surface area contributed by atoms with Gasteiger partial charge in [-0.3, -0.25) is 10.3 Å². The summed E-state index contributed by atoms with van der Waals surface area (Å²) in [5.74, 6) is 0.770. The van der Waals surface area contributed by atoms with Crippen molar-refractivity contribution in [3.8, 4) is 0 Å². The number of hydrogen-bond acceptors (Lipinski definition) is 2. The van der Waals surface area contributed by atoms with E-state index in [2.05, 4.69) is 60.9 Å². The summed E-state index contributed by atoms with van der Waals surface area (Å²) < 4.78 is 0. The second kappa shape index (κ2) is 5.74. The molecule has 1 N–H and O–H groups in total. The van der Waals surface area contributed by atoms with Crippen molar-refractivity contribution in [3.05, 3.63) is 35.9 Å². The van der Waals surface area contributed by atoms with Crippen LogP contribution in [0.25, 0.3) is 0 Å². The normalized spacial score (nSPS) is 17.5. The van der Waals surface area contributed by atoms with Gasteiger partial charge >= 0.3 is 0 Å². The Bertz CT molecular complexity index is 411. The lowest BCUT2D eigenvalue weighted by atomic mass is 9.93. The fourth-order valence-electron chi connectivity index (χ4n) is 2.45. The Morgan fingerprint density at radius 2 is 1.63 bits per heavy atom. The van der Waals surface area contributed by atoms with Gasteiger partial charge in [-0.2, -0.15) is 0 Å². The molecule has 0 saturated carbocycles. The monoisotopic (exact) mass is 259 g/mol. The molecule has 1 aromatic carbocycles. The molecular formula is C16H25N3. The lowest BCUT2D eigenvalue weighted by Crippen LogP contribution is -2.51. The molecule has 0 aromatic heterocycles. The minimum Gasteiger partial charge on any atom is -0.358 e. The van der Waals surface area contributed by atoms with Gasteiger partial charge in [0.15, 0.2) is 0 Å². The predicted molar refractivity (Wildman–Crippen MR) is 80.5 cm³/mol. The van der Waals surface area contributed by atoms with E-state index in [0.29, 0.717) is 0 Å². The number of benzene rings is 1.